The molecule has 0 saturated carbocycles. The van der Waals surface area contributed by atoms with Gasteiger partial charge in [0.15, 0.2) is 5.16 Å². The highest BCUT2D eigenvalue weighted by molar-refractivity contribution is 7.99. The summed E-state index contributed by atoms with van der Waals surface area (Å²) in [6, 6.07) is 0. The second kappa shape index (κ2) is 4.35. The number of rotatable bonds is 4. The lowest BCUT2D eigenvalue weighted by molar-refractivity contribution is 0.659. The van der Waals surface area contributed by atoms with Gasteiger partial charge in [-0.25, -0.2) is 9.67 Å². The standard InChI is InChI=1S/C8H12N6S/c1-13-8(10-6-12-13)15-3-2-14-5-7(9)4-11-14/h4-6H,2-3,9H2,1H3. The van der Waals surface area contributed by atoms with Crippen LogP contribution in [0.25, 0.3) is 0 Å². The maximum atomic E-state index is 5.55. The number of nitrogen functional groups attached to an aromatic ring is 1. The summed E-state index contributed by atoms with van der Waals surface area (Å²) in [7, 11) is 1.88. The van der Waals surface area contributed by atoms with Gasteiger partial charge in [0, 0.05) is 19.0 Å². The number of hydrogen-bond donors (Lipinski definition) is 1. The smallest absolute Gasteiger partial charge is 0.185 e. The summed E-state index contributed by atoms with van der Waals surface area (Å²) in [6.45, 7) is 0.814. The van der Waals surface area contributed by atoms with Crippen LogP contribution in [-0.2, 0) is 13.6 Å². The Bertz CT molecular complexity index is 434. The van der Waals surface area contributed by atoms with Crippen molar-refractivity contribution in [3.8, 4) is 0 Å². The van der Waals surface area contributed by atoms with Gasteiger partial charge in [-0.05, 0) is 0 Å². The van der Waals surface area contributed by atoms with Crippen molar-refractivity contribution in [2.45, 2.75) is 11.7 Å². The van der Waals surface area contributed by atoms with Crippen molar-refractivity contribution in [1.82, 2.24) is 24.5 Å². The van der Waals surface area contributed by atoms with Crippen molar-refractivity contribution in [3.63, 3.8) is 0 Å². The lowest BCUT2D eigenvalue weighted by Gasteiger charge is -2.00. The van der Waals surface area contributed by atoms with Gasteiger partial charge in [0.05, 0.1) is 18.4 Å². The summed E-state index contributed by atoms with van der Waals surface area (Å²) in [4.78, 5) is 4.11. The first-order chi connectivity index (χ1) is 7.25. The van der Waals surface area contributed by atoms with Crippen molar-refractivity contribution >= 4 is 17.4 Å². The fourth-order valence-electron chi connectivity index (χ4n) is 1.15. The van der Waals surface area contributed by atoms with Gasteiger partial charge >= 0.3 is 0 Å². The molecule has 2 heterocycles. The van der Waals surface area contributed by atoms with Gasteiger partial charge in [0.1, 0.15) is 6.33 Å². The predicted octanol–water partition coefficient (Wildman–Crippen LogP) is 0.386. The molecule has 2 aromatic heterocycles. The van der Waals surface area contributed by atoms with E-state index in [4.69, 9.17) is 5.73 Å². The van der Waals surface area contributed by atoms with Crippen LogP contribution >= 0.6 is 11.8 Å². The summed E-state index contributed by atoms with van der Waals surface area (Å²) in [5, 5.41) is 8.99. The summed E-state index contributed by atoms with van der Waals surface area (Å²) in [6.07, 6.45) is 5.01. The fourth-order valence-corrected chi connectivity index (χ4v) is 1.97. The molecule has 6 nitrogen and oxygen atoms in total. The molecular formula is C8H12N6S. The number of anilines is 1. The van der Waals surface area contributed by atoms with Gasteiger partial charge in [0.2, 0.25) is 0 Å². The summed E-state index contributed by atoms with van der Waals surface area (Å²) < 4.78 is 3.57. The molecule has 15 heavy (non-hydrogen) atoms. The number of thioether (sulfide) groups is 1. The van der Waals surface area contributed by atoms with E-state index in [1.165, 1.54) is 0 Å². The zero-order valence-corrected chi connectivity index (χ0v) is 9.18. The van der Waals surface area contributed by atoms with E-state index in [1.54, 1.807) is 29.0 Å². The third-order valence-corrected chi connectivity index (χ3v) is 2.89. The molecule has 0 atom stereocenters. The Balaban J connectivity index is 1.83. The third-order valence-electron chi connectivity index (χ3n) is 1.87. The molecule has 7 heteroatoms. The minimum Gasteiger partial charge on any atom is -0.396 e. The molecule has 0 saturated heterocycles. The summed E-state index contributed by atoms with van der Waals surface area (Å²) in [5.74, 6) is 0.896. The first-order valence-corrected chi connectivity index (χ1v) is 5.49. The largest absolute Gasteiger partial charge is 0.396 e. The van der Waals surface area contributed by atoms with Crippen LogP contribution in [0.3, 0.4) is 0 Å². The average molecular weight is 224 g/mol. The number of nitrogens with zero attached hydrogens (tertiary/aromatic N) is 5. The summed E-state index contributed by atoms with van der Waals surface area (Å²) in [5.41, 5.74) is 6.25. The van der Waals surface area contributed by atoms with Crippen LogP contribution in [0.1, 0.15) is 0 Å². The predicted molar refractivity (Wildman–Crippen MR) is 58.4 cm³/mol. The molecule has 2 N–H and O–H groups in total. The van der Waals surface area contributed by atoms with Crippen LogP contribution < -0.4 is 5.73 Å². The van der Waals surface area contributed by atoms with Crippen molar-refractivity contribution in [2.75, 3.05) is 11.5 Å². The first kappa shape index (κ1) is 10.0. The van der Waals surface area contributed by atoms with Crippen LogP contribution in [0.2, 0.25) is 0 Å². The molecule has 0 aliphatic rings. The lowest BCUT2D eigenvalue weighted by Crippen LogP contribution is -2.02. The molecule has 0 radical (unpaired) electrons. The average Bonchev–Trinajstić information content (AvgIpc) is 2.77. The molecule has 0 amide bonds. The van der Waals surface area contributed by atoms with Gasteiger partial charge in [0.25, 0.3) is 0 Å². The molecule has 0 bridgehead atoms. The van der Waals surface area contributed by atoms with E-state index in [0.29, 0.717) is 5.69 Å². The third kappa shape index (κ3) is 2.50. The minimum atomic E-state index is 0.693. The Morgan fingerprint density at radius 3 is 2.93 bits per heavy atom. The second-order valence-corrected chi connectivity index (χ2v) is 4.11. The molecule has 0 aliphatic carbocycles. The molecule has 0 aromatic carbocycles. The Kier molecular flexibility index (Phi) is 2.91. The number of aromatic nitrogens is 5. The number of hydrogen-bond acceptors (Lipinski definition) is 5. The van der Waals surface area contributed by atoms with Crippen molar-refractivity contribution in [1.29, 1.82) is 0 Å². The second-order valence-electron chi connectivity index (χ2n) is 3.05. The van der Waals surface area contributed by atoms with E-state index in [-0.39, 0.29) is 0 Å². The van der Waals surface area contributed by atoms with Crippen LogP contribution in [0.5, 0.6) is 0 Å². The van der Waals surface area contributed by atoms with Gasteiger partial charge < -0.3 is 5.73 Å². The first-order valence-electron chi connectivity index (χ1n) is 4.50. The highest BCUT2D eigenvalue weighted by Crippen LogP contribution is 2.13. The molecule has 0 aliphatic heterocycles. The quantitative estimate of drug-likeness (QED) is 0.760. The van der Waals surface area contributed by atoms with Crippen LogP contribution in [0, 0.1) is 0 Å². The Hall–Kier alpha value is -1.50. The Labute approximate surface area is 91.5 Å². The Morgan fingerprint density at radius 1 is 1.47 bits per heavy atom. The van der Waals surface area contributed by atoms with Crippen molar-refractivity contribution in [3.05, 3.63) is 18.7 Å². The highest BCUT2D eigenvalue weighted by Gasteiger charge is 2.01. The van der Waals surface area contributed by atoms with E-state index in [9.17, 15) is 0 Å². The maximum Gasteiger partial charge on any atom is 0.185 e. The number of aryl methyl sites for hydroxylation is 2. The zero-order chi connectivity index (χ0) is 10.7. The highest BCUT2D eigenvalue weighted by atomic mass is 32.2. The molecule has 0 fully saturated rings. The topological polar surface area (TPSA) is 74.5 Å². The van der Waals surface area contributed by atoms with E-state index in [0.717, 1.165) is 17.5 Å². The van der Waals surface area contributed by atoms with Crippen LogP contribution in [-0.4, -0.2) is 30.3 Å². The van der Waals surface area contributed by atoms with Gasteiger partial charge in [-0.15, -0.1) is 0 Å². The van der Waals surface area contributed by atoms with Gasteiger partial charge in [-0.2, -0.15) is 10.2 Å². The van der Waals surface area contributed by atoms with E-state index in [2.05, 4.69) is 15.2 Å². The van der Waals surface area contributed by atoms with Crippen molar-refractivity contribution in [2.24, 2.45) is 7.05 Å². The van der Waals surface area contributed by atoms with Crippen LogP contribution in [0.4, 0.5) is 5.69 Å². The molecule has 2 rings (SSSR count). The fraction of sp³-hybridized carbons (Fsp3) is 0.375. The normalized spacial score (nSPS) is 10.7. The van der Waals surface area contributed by atoms with E-state index < -0.39 is 0 Å². The molecule has 80 valence electrons. The monoisotopic (exact) mass is 224 g/mol. The van der Waals surface area contributed by atoms with E-state index >= 15 is 0 Å². The maximum absolute atomic E-state index is 5.55. The van der Waals surface area contributed by atoms with Crippen molar-refractivity contribution < 1.29 is 0 Å². The minimum absolute atomic E-state index is 0.693. The summed E-state index contributed by atoms with van der Waals surface area (Å²) >= 11 is 1.65. The van der Waals surface area contributed by atoms with E-state index in [1.807, 2.05) is 17.9 Å². The zero-order valence-electron chi connectivity index (χ0n) is 8.37. The molecule has 0 spiro atoms. The Morgan fingerprint density at radius 2 is 2.33 bits per heavy atom. The lowest BCUT2D eigenvalue weighted by atomic mass is 10.6. The molecule has 0 unspecified atom stereocenters. The van der Waals surface area contributed by atoms with Gasteiger partial charge in [-0.1, -0.05) is 11.8 Å². The SMILES string of the molecule is Cn1ncnc1SCCn1cc(N)cn1. The molecule has 2 aromatic rings. The molecular weight excluding hydrogens is 212 g/mol. The van der Waals surface area contributed by atoms with Crippen LogP contribution in [0.15, 0.2) is 23.9 Å². The number of nitrogens with two attached hydrogens (primary N) is 1. The van der Waals surface area contributed by atoms with Gasteiger partial charge in [-0.3, -0.25) is 4.68 Å².